The maximum atomic E-state index is 12.0. The number of aliphatic carboxylic acids is 1. The maximum Gasteiger partial charge on any atom is 0.309 e. The van der Waals surface area contributed by atoms with Gasteiger partial charge in [0.2, 0.25) is 0 Å². The first-order chi connectivity index (χ1) is 11.1. The number of hydrogen-bond acceptors (Lipinski definition) is 3. The fourth-order valence-electron chi connectivity index (χ4n) is 5.17. The Morgan fingerprint density at radius 1 is 1.29 bits per heavy atom. The Morgan fingerprint density at radius 2 is 2.00 bits per heavy atom. The smallest absolute Gasteiger partial charge is 0.309 e. The first-order valence-corrected chi connectivity index (χ1v) is 8.85. The van der Waals surface area contributed by atoms with Gasteiger partial charge in [0.25, 0.3) is 0 Å². The lowest BCUT2D eigenvalue weighted by atomic mass is 9.50. The van der Waals surface area contributed by atoms with Crippen molar-refractivity contribution in [2.24, 2.45) is 11.3 Å². The van der Waals surface area contributed by atoms with Crippen molar-refractivity contribution in [1.29, 1.82) is 0 Å². The Balaban J connectivity index is 2.06. The van der Waals surface area contributed by atoms with E-state index in [1.165, 1.54) is 11.1 Å². The van der Waals surface area contributed by atoms with E-state index in [-0.39, 0.29) is 11.3 Å². The van der Waals surface area contributed by atoms with Crippen LogP contribution in [0.4, 0.5) is 0 Å². The summed E-state index contributed by atoms with van der Waals surface area (Å²) >= 11 is 0. The van der Waals surface area contributed by atoms with E-state index in [1.807, 2.05) is 26.8 Å². The molecule has 4 nitrogen and oxygen atoms in total. The van der Waals surface area contributed by atoms with Crippen molar-refractivity contribution in [1.82, 2.24) is 0 Å². The highest BCUT2D eigenvalue weighted by atomic mass is 17.1. The quantitative estimate of drug-likeness (QED) is 0.631. The third-order valence-corrected chi connectivity index (χ3v) is 6.77. The molecule has 3 atom stereocenters. The highest BCUT2D eigenvalue weighted by Gasteiger charge is 2.55. The molecule has 1 aromatic rings. The molecular weight excluding hydrogens is 304 g/mol. The Bertz CT molecular complexity index is 666. The molecule has 0 aliphatic heterocycles. The Labute approximate surface area is 143 Å². The molecule has 24 heavy (non-hydrogen) atoms. The molecule has 1 aromatic carbocycles. The second-order valence-electron chi connectivity index (χ2n) is 8.56. The lowest BCUT2D eigenvalue weighted by Gasteiger charge is -2.53. The predicted octanol–water partition coefficient (Wildman–Crippen LogP) is 4.51. The van der Waals surface area contributed by atoms with E-state index in [1.54, 1.807) is 0 Å². The second-order valence-corrected chi connectivity index (χ2v) is 8.56. The van der Waals surface area contributed by atoms with Crippen molar-refractivity contribution in [3.8, 4) is 0 Å². The number of aryl methyl sites for hydroxylation is 1. The molecule has 0 radical (unpaired) electrons. The summed E-state index contributed by atoms with van der Waals surface area (Å²) in [6, 6.07) is 6.26. The summed E-state index contributed by atoms with van der Waals surface area (Å²) in [5.74, 6) is -0.495. The minimum atomic E-state index is -0.741. The summed E-state index contributed by atoms with van der Waals surface area (Å²) in [5, 5.41) is 19.0. The molecule has 0 saturated heterocycles. The fraction of sp³-hybridized carbons (Fsp3) is 0.650. The molecule has 2 aliphatic carbocycles. The summed E-state index contributed by atoms with van der Waals surface area (Å²) in [6.07, 6.45) is 4.53. The number of carboxylic acids is 1. The van der Waals surface area contributed by atoms with Crippen LogP contribution in [0.2, 0.25) is 0 Å². The minimum absolute atomic E-state index is 0.0955. The van der Waals surface area contributed by atoms with Crippen LogP contribution in [0, 0.1) is 11.3 Å². The van der Waals surface area contributed by atoms with Gasteiger partial charge in [0.15, 0.2) is 0 Å². The maximum absolute atomic E-state index is 12.0. The van der Waals surface area contributed by atoms with Crippen molar-refractivity contribution >= 4 is 5.97 Å². The zero-order valence-electron chi connectivity index (χ0n) is 15.1. The van der Waals surface area contributed by atoms with E-state index in [0.717, 1.165) is 37.7 Å². The minimum Gasteiger partial charge on any atom is -0.481 e. The Morgan fingerprint density at radius 3 is 2.62 bits per heavy atom. The molecule has 2 aliphatic rings. The van der Waals surface area contributed by atoms with Crippen LogP contribution in [0.5, 0.6) is 0 Å². The monoisotopic (exact) mass is 332 g/mol. The van der Waals surface area contributed by atoms with Crippen LogP contribution in [0.1, 0.15) is 70.1 Å². The molecule has 1 saturated carbocycles. The summed E-state index contributed by atoms with van der Waals surface area (Å²) in [4.78, 5) is 16.6. The molecule has 4 heteroatoms. The van der Waals surface area contributed by atoms with Gasteiger partial charge in [-0.1, -0.05) is 31.5 Å². The first-order valence-electron chi connectivity index (χ1n) is 8.85. The van der Waals surface area contributed by atoms with E-state index in [0.29, 0.717) is 0 Å². The van der Waals surface area contributed by atoms with Crippen LogP contribution in [0.3, 0.4) is 0 Å². The Hall–Kier alpha value is -1.39. The van der Waals surface area contributed by atoms with E-state index in [9.17, 15) is 9.90 Å². The molecule has 2 N–H and O–H groups in total. The van der Waals surface area contributed by atoms with Gasteiger partial charge in [-0.05, 0) is 74.5 Å². The molecule has 1 fully saturated rings. The van der Waals surface area contributed by atoms with Gasteiger partial charge in [-0.25, -0.2) is 4.89 Å². The van der Waals surface area contributed by atoms with Crippen LogP contribution < -0.4 is 0 Å². The van der Waals surface area contributed by atoms with Gasteiger partial charge in [0, 0.05) is 0 Å². The largest absolute Gasteiger partial charge is 0.481 e. The molecule has 0 bridgehead atoms. The van der Waals surface area contributed by atoms with E-state index in [2.05, 4.69) is 23.9 Å². The number of fused-ring (bicyclic) bond motifs is 3. The van der Waals surface area contributed by atoms with Crippen molar-refractivity contribution in [2.75, 3.05) is 0 Å². The van der Waals surface area contributed by atoms with Gasteiger partial charge < -0.3 is 5.11 Å². The normalized spacial score (nSPS) is 32.8. The van der Waals surface area contributed by atoms with Crippen molar-refractivity contribution in [2.45, 2.75) is 70.8 Å². The van der Waals surface area contributed by atoms with E-state index >= 15 is 0 Å². The average molecular weight is 332 g/mol. The summed E-state index contributed by atoms with van der Waals surface area (Å²) in [7, 11) is 0. The van der Waals surface area contributed by atoms with Crippen LogP contribution in [-0.2, 0) is 27.1 Å². The summed E-state index contributed by atoms with van der Waals surface area (Å²) in [5.41, 5.74) is 2.02. The summed E-state index contributed by atoms with van der Waals surface area (Å²) in [6.45, 7) is 7.84. The van der Waals surface area contributed by atoms with Crippen molar-refractivity contribution in [3.63, 3.8) is 0 Å². The van der Waals surface area contributed by atoms with Gasteiger partial charge >= 0.3 is 5.97 Å². The highest BCUT2D eigenvalue weighted by Crippen LogP contribution is 2.57. The van der Waals surface area contributed by atoms with Gasteiger partial charge in [-0.2, -0.15) is 0 Å². The molecule has 3 rings (SSSR count). The topological polar surface area (TPSA) is 66.8 Å². The number of rotatable bonds is 3. The molecule has 0 amide bonds. The third-order valence-electron chi connectivity index (χ3n) is 6.77. The van der Waals surface area contributed by atoms with Gasteiger partial charge in [0.05, 0.1) is 5.41 Å². The van der Waals surface area contributed by atoms with E-state index in [4.69, 9.17) is 5.26 Å². The molecular formula is C20H28O4. The third kappa shape index (κ3) is 2.39. The standard InChI is InChI=1S/C20H28O4/c1-18(2,24-23)14-7-8-15-13(12-14)6-9-16-19(15,3)10-5-11-20(16,4)17(21)22/h7-8,12,16,23H,5-6,9-11H2,1-4H3,(H,21,22). The van der Waals surface area contributed by atoms with Crippen LogP contribution in [0.25, 0.3) is 0 Å². The molecule has 0 spiro atoms. The van der Waals surface area contributed by atoms with Crippen molar-refractivity contribution < 1.29 is 20.0 Å². The second kappa shape index (κ2) is 5.57. The summed E-state index contributed by atoms with van der Waals surface area (Å²) < 4.78 is 0. The Kier molecular flexibility index (Phi) is 4.04. The SMILES string of the molecule is CC(C)(OO)c1ccc2c(c1)CCC1C(C)(C(=O)O)CCCC21C. The van der Waals surface area contributed by atoms with Crippen LogP contribution in [0.15, 0.2) is 18.2 Å². The van der Waals surface area contributed by atoms with Gasteiger partial charge in [0.1, 0.15) is 5.60 Å². The molecule has 0 aromatic heterocycles. The number of carbonyl (C=O) groups is 1. The zero-order valence-corrected chi connectivity index (χ0v) is 15.1. The number of hydrogen-bond donors (Lipinski definition) is 2. The van der Waals surface area contributed by atoms with E-state index < -0.39 is 17.0 Å². The highest BCUT2D eigenvalue weighted by molar-refractivity contribution is 5.75. The van der Waals surface area contributed by atoms with Gasteiger partial charge in [-0.15, -0.1) is 0 Å². The number of carboxylic acid groups (broad SMARTS) is 1. The zero-order chi connectivity index (χ0) is 17.8. The molecule has 132 valence electrons. The van der Waals surface area contributed by atoms with Crippen molar-refractivity contribution in [3.05, 3.63) is 34.9 Å². The lowest BCUT2D eigenvalue weighted by Crippen LogP contribution is -2.52. The fourth-order valence-corrected chi connectivity index (χ4v) is 5.17. The first kappa shape index (κ1) is 17.4. The average Bonchev–Trinajstić information content (AvgIpc) is 2.54. The van der Waals surface area contributed by atoms with Gasteiger partial charge in [-0.3, -0.25) is 10.1 Å². The molecule has 0 heterocycles. The predicted molar refractivity (Wildman–Crippen MR) is 91.9 cm³/mol. The van der Waals surface area contributed by atoms with Crippen LogP contribution >= 0.6 is 0 Å². The molecule has 3 unspecified atom stereocenters. The number of benzene rings is 1. The lowest BCUT2D eigenvalue weighted by molar-refractivity contribution is -0.318. The van der Waals surface area contributed by atoms with Crippen LogP contribution in [-0.4, -0.2) is 16.3 Å².